The molecule has 1 fully saturated rings. The summed E-state index contributed by atoms with van der Waals surface area (Å²) in [5.41, 5.74) is 0. The van der Waals surface area contributed by atoms with Gasteiger partial charge in [0, 0.05) is 0 Å². The van der Waals surface area contributed by atoms with Crippen LogP contribution < -0.4 is 13.3 Å². The molecule has 0 aromatic rings. The topological polar surface area (TPSA) is 0 Å². The van der Waals surface area contributed by atoms with Crippen molar-refractivity contribution in [3.63, 3.8) is 0 Å². The predicted octanol–water partition coefficient (Wildman–Crippen LogP) is -0.359. The van der Waals surface area contributed by atoms with Gasteiger partial charge in [0.2, 0.25) is 0 Å². The SMILES string of the molecule is I[I-]I1CCCC1. The van der Waals surface area contributed by atoms with E-state index in [9.17, 15) is 0 Å². The van der Waals surface area contributed by atoms with Crippen LogP contribution in [0.3, 0.4) is 0 Å². The molecule has 0 bridgehead atoms. The molecule has 46 valence electrons. The molecule has 0 aromatic carbocycles. The molecule has 0 amide bonds. The monoisotopic (exact) mass is 437 g/mol. The Morgan fingerprint density at radius 2 is 1.86 bits per heavy atom. The summed E-state index contributed by atoms with van der Waals surface area (Å²) in [6.07, 6.45) is 3.18. The van der Waals surface area contributed by atoms with Gasteiger partial charge in [0.25, 0.3) is 0 Å². The average molecular weight is 437 g/mol. The third-order valence-corrected chi connectivity index (χ3v) is 33.3. The minimum absolute atomic E-state index is 0.112. The Labute approximate surface area is 68.1 Å². The quantitative estimate of drug-likeness (QED) is 0.389. The molecule has 0 unspecified atom stereocenters. The van der Waals surface area contributed by atoms with Crippen molar-refractivity contribution in [2.24, 2.45) is 0 Å². The van der Waals surface area contributed by atoms with Gasteiger partial charge in [-0.05, 0) is 0 Å². The number of halogens is 3. The standard InChI is InChI=1S/C4H8I3/c5-6-7-3-1-2-4-7/h1-4H2/q-1. The van der Waals surface area contributed by atoms with E-state index in [1.165, 1.54) is 0 Å². The first-order chi connectivity index (χ1) is 3.43. The second-order valence-corrected chi connectivity index (χ2v) is 29.9. The van der Waals surface area contributed by atoms with Gasteiger partial charge >= 0.3 is 69.4 Å². The van der Waals surface area contributed by atoms with E-state index in [-0.39, 0.29) is 15.8 Å². The zero-order valence-electron chi connectivity index (χ0n) is 3.96. The Hall–Kier alpha value is 2.19. The van der Waals surface area contributed by atoms with Crippen LogP contribution in [0.2, 0.25) is 0 Å². The number of hydrogen-bond donors (Lipinski definition) is 0. The molecular weight excluding hydrogens is 429 g/mol. The summed E-state index contributed by atoms with van der Waals surface area (Å²) in [7, 11) is 0. The predicted molar refractivity (Wildman–Crippen MR) is 47.0 cm³/mol. The zero-order chi connectivity index (χ0) is 5.11. The number of rotatable bonds is 1. The van der Waals surface area contributed by atoms with Crippen LogP contribution in [0.4, 0.5) is 0 Å². The molecule has 0 nitrogen and oxygen atoms in total. The first-order valence-electron chi connectivity index (χ1n) is 2.32. The van der Waals surface area contributed by atoms with Crippen LogP contribution in [-0.2, 0) is 0 Å². The van der Waals surface area contributed by atoms with Gasteiger partial charge < -0.3 is 0 Å². The Bertz CT molecular complexity index is 48.9. The van der Waals surface area contributed by atoms with E-state index >= 15 is 0 Å². The summed E-state index contributed by atoms with van der Waals surface area (Å²) < 4.78 is 3.42. The van der Waals surface area contributed by atoms with Crippen LogP contribution in [0.1, 0.15) is 12.8 Å². The maximum atomic E-state index is 2.67. The van der Waals surface area contributed by atoms with Crippen molar-refractivity contribution in [3.05, 3.63) is 0 Å². The van der Waals surface area contributed by atoms with Gasteiger partial charge in [-0.15, -0.1) is 0 Å². The average Bonchev–Trinajstić information content (AvgIpc) is 2.14. The molecule has 3 heteroatoms. The molecule has 1 aliphatic heterocycles. The van der Waals surface area contributed by atoms with Crippen molar-refractivity contribution < 1.29 is 13.3 Å². The van der Waals surface area contributed by atoms with E-state index in [1.807, 2.05) is 0 Å². The number of alkyl halides is 2. The van der Waals surface area contributed by atoms with Gasteiger partial charge in [0.05, 0.1) is 0 Å². The van der Waals surface area contributed by atoms with E-state index in [0.717, 1.165) is 13.3 Å². The van der Waals surface area contributed by atoms with Gasteiger partial charge in [-0.1, -0.05) is 0 Å². The van der Waals surface area contributed by atoms with Crippen LogP contribution >= 0.6 is 34.5 Å². The molecule has 1 saturated heterocycles. The van der Waals surface area contributed by atoms with Gasteiger partial charge in [-0.25, -0.2) is 0 Å². The van der Waals surface area contributed by atoms with Crippen molar-refractivity contribution in [1.29, 1.82) is 0 Å². The fraction of sp³-hybridized carbons (Fsp3) is 1.00. The molecule has 0 saturated carbocycles. The number of hydrogen-bond acceptors (Lipinski definition) is 0. The van der Waals surface area contributed by atoms with Gasteiger partial charge in [0.15, 0.2) is 0 Å². The van der Waals surface area contributed by atoms with Gasteiger partial charge in [-0.2, -0.15) is 0 Å². The third-order valence-electron chi connectivity index (χ3n) is 1.00. The molecule has 7 heavy (non-hydrogen) atoms. The molecule has 0 radical (unpaired) electrons. The van der Waals surface area contributed by atoms with E-state index in [0.29, 0.717) is 0 Å². The normalized spacial score (nSPS) is 26.7. The summed E-state index contributed by atoms with van der Waals surface area (Å²) in [5, 5.41) is 0. The molecule has 0 atom stereocenters. The summed E-state index contributed by atoms with van der Waals surface area (Å²) in [6, 6.07) is 0. The van der Waals surface area contributed by atoms with Crippen molar-refractivity contribution in [2.45, 2.75) is 12.8 Å². The Morgan fingerprint density at radius 3 is 2.14 bits per heavy atom. The van der Waals surface area contributed by atoms with Crippen LogP contribution in [0, 0.1) is 0 Å². The van der Waals surface area contributed by atoms with Crippen LogP contribution in [0.5, 0.6) is 0 Å². The fourth-order valence-electron chi connectivity index (χ4n) is 0.627. The third kappa shape index (κ3) is 2.51. The maximum absolute atomic E-state index is 2.67. The summed E-state index contributed by atoms with van der Waals surface area (Å²) in [5.74, 6) is 0. The first-order valence-corrected chi connectivity index (χ1v) is 17.9. The zero-order valence-corrected chi connectivity index (χ0v) is 10.4. The van der Waals surface area contributed by atoms with Crippen molar-refractivity contribution in [3.8, 4) is 0 Å². The van der Waals surface area contributed by atoms with E-state index in [4.69, 9.17) is 0 Å². The molecule has 0 spiro atoms. The fourth-order valence-corrected chi connectivity index (χ4v) is 24.0. The summed E-state index contributed by atoms with van der Waals surface area (Å²) in [4.78, 5) is 0. The van der Waals surface area contributed by atoms with E-state index in [2.05, 4.69) is 18.6 Å². The van der Waals surface area contributed by atoms with Crippen molar-refractivity contribution >= 4 is 34.5 Å². The van der Waals surface area contributed by atoms with Gasteiger partial charge in [0.1, 0.15) is 0 Å². The molecule has 1 aliphatic rings. The van der Waals surface area contributed by atoms with E-state index in [1.54, 1.807) is 21.7 Å². The summed E-state index contributed by atoms with van der Waals surface area (Å²) in [6.45, 7) is 0. The Balaban J connectivity index is 2.14. The molecular formula is C4H8I3-. The second kappa shape index (κ2) is 4.08. The molecule has 1 rings (SSSR count). The molecule has 0 N–H and O–H groups in total. The molecule has 0 aliphatic carbocycles. The minimum atomic E-state index is -0.112. The van der Waals surface area contributed by atoms with E-state index < -0.39 is 0 Å². The van der Waals surface area contributed by atoms with Crippen LogP contribution in [0.25, 0.3) is 0 Å². The first kappa shape index (κ1) is 7.30. The summed E-state index contributed by atoms with van der Waals surface area (Å²) >= 11 is 3.29. The van der Waals surface area contributed by atoms with Crippen LogP contribution in [-0.4, -0.2) is 8.86 Å². The molecule has 0 aromatic heterocycles. The second-order valence-electron chi connectivity index (χ2n) is 1.53. The molecule has 1 heterocycles. The van der Waals surface area contributed by atoms with Crippen molar-refractivity contribution in [2.75, 3.05) is 8.86 Å². The Kier molecular flexibility index (Phi) is 4.25. The Morgan fingerprint density at radius 1 is 1.29 bits per heavy atom. The van der Waals surface area contributed by atoms with Crippen molar-refractivity contribution in [1.82, 2.24) is 0 Å². The van der Waals surface area contributed by atoms with Crippen LogP contribution in [0.15, 0.2) is 0 Å². The van der Waals surface area contributed by atoms with Gasteiger partial charge in [-0.3, -0.25) is 0 Å².